The van der Waals surface area contributed by atoms with Gasteiger partial charge in [-0.25, -0.2) is 0 Å². The molecule has 11 heavy (non-hydrogen) atoms. The van der Waals surface area contributed by atoms with E-state index < -0.39 is 23.3 Å². The normalized spacial score (nSPS) is 15.4. The molecule has 0 bridgehead atoms. The molecule has 0 saturated heterocycles. The number of rotatable bonds is 0. The van der Waals surface area contributed by atoms with E-state index in [1.807, 2.05) is 0 Å². The van der Waals surface area contributed by atoms with Gasteiger partial charge in [-0.05, 0) is 0 Å². The van der Waals surface area contributed by atoms with E-state index in [1.54, 1.807) is 0 Å². The molecule has 0 aromatic carbocycles. The lowest BCUT2D eigenvalue weighted by Gasteiger charge is -2.06. The highest BCUT2D eigenvalue weighted by Crippen LogP contribution is 2.31. The molecule has 0 N–H and O–H groups in total. The first-order valence-electron chi connectivity index (χ1n) is 2.18. The Bertz CT molecular complexity index is 162. The number of thiol groups is 1. The van der Waals surface area contributed by atoms with Crippen molar-refractivity contribution in [3.8, 4) is 0 Å². The molecule has 0 heterocycles. The second kappa shape index (κ2) is 2.96. The zero-order valence-electron chi connectivity index (χ0n) is 4.79. The van der Waals surface area contributed by atoms with E-state index in [2.05, 4.69) is 12.6 Å². The molecule has 0 radical (unpaired) electrons. The van der Waals surface area contributed by atoms with E-state index in [1.165, 1.54) is 0 Å². The van der Waals surface area contributed by atoms with Gasteiger partial charge in [0.1, 0.15) is 0 Å². The first-order chi connectivity index (χ1) is 4.63. The molecule has 0 aromatic heterocycles. The first-order valence-corrected chi connectivity index (χ1v) is 2.63. The Labute approximate surface area is 63.3 Å². The van der Waals surface area contributed by atoms with Gasteiger partial charge < -0.3 is 0 Å². The second-order valence-corrected chi connectivity index (χ2v) is 2.05. The third-order valence-corrected chi connectivity index (χ3v) is 0.973. The molecule has 0 aliphatic carbocycles. The van der Waals surface area contributed by atoms with Crippen LogP contribution < -0.4 is 0 Å². The van der Waals surface area contributed by atoms with Crippen molar-refractivity contribution in [3.05, 3.63) is 11.0 Å². The summed E-state index contributed by atoms with van der Waals surface area (Å²) in [7, 11) is 0. The van der Waals surface area contributed by atoms with Crippen molar-refractivity contribution in [1.29, 1.82) is 0 Å². The number of allylic oxidation sites excluding steroid dienone is 2. The molecule has 0 amide bonds. The Morgan fingerprint density at radius 1 is 1.00 bits per heavy atom. The fourth-order valence-corrected chi connectivity index (χ4v) is 0.383. The van der Waals surface area contributed by atoms with Crippen molar-refractivity contribution in [1.82, 2.24) is 0 Å². The number of hydrogen-bond acceptors (Lipinski definition) is 1. The highest BCUT2D eigenvalue weighted by molar-refractivity contribution is 7.84. The third-order valence-electron chi connectivity index (χ3n) is 0.591. The summed E-state index contributed by atoms with van der Waals surface area (Å²) in [4.78, 5) is -1.95. The highest BCUT2D eigenvalue weighted by Gasteiger charge is 2.36. The molecule has 0 nitrogen and oxygen atoms in total. The van der Waals surface area contributed by atoms with Crippen molar-refractivity contribution in [3.63, 3.8) is 0 Å². The van der Waals surface area contributed by atoms with E-state index in [4.69, 9.17) is 0 Å². The summed E-state index contributed by atoms with van der Waals surface area (Å²) in [5.41, 5.74) is 0. The minimum Gasteiger partial charge on any atom is -0.167 e. The summed E-state index contributed by atoms with van der Waals surface area (Å²) in [6, 6.07) is 0. The molecule has 0 unspecified atom stereocenters. The van der Waals surface area contributed by atoms with Crippen molar-refractivity contribution in [2.45, 2.75) is 12.4 Å². The quantitative estimate of drug-likeness (QED) is 0.447. The smallest absolute Gasteiger partial charge is 0.167 e. The van der Waals surface area contributed by atoms with Gasteiger partial charge >= 0.3 is 12.4 Å². The third kappa shape index (κ3) is 5.00. The van der Waals surface area contributed by atoms with E-state index in [-0.39, 0.29) is 0 Å². The topological polar surface area (TPSA) is 0 Å². The van der Waals surface area contributed by atoms with Crippen LogP contribution in [0.25, 0.3) is 0 Å². The van der Waals surface area contributed by atoms with Gasteiger partial charge in [0.05, 0.1) is 4.91 Å². The standard InChI is InChI=1S/C4H2F6S/c5-3(6,7)1-2(11)4(8,9)10/h1,11H/b2-1+. The minimum atomic E-state index is -5.03. The molecule has 0 aromatic rings. The summed E-state index contributed by atoms with van der Waals surface area (Å²) in [5.74, 6) is 0. The van der Waals surface area contributed by atoms with Crippen molar-refractivity contribution < 1.29 is 26.3 Å². The molecule has 0 fully saturated rings. The molecule has 0 aliphatic rings. The Morgan fingerprint density at radius 2 is 1.36 bits per heavy atom. The second-order valence-electron chi connectivity index (χ2n) is 1.57. The van der Waals surface area contributed by atoms with Crippen LogP contribution >= 0.6 is 12.6 Å². The molecule has 0 atom stereocenters. The van der Waals surface area contributed by atoms with Gasteiger partial charge in [-0.2, -0.15) is 26.3 Å². The van der Waals surface area contributed by atoms with Gasteiger partial charge in [0.25, 0.3) is 0 Å². The maximum atomic E-state index is 11.3. The van der Waals surface area contributed by atoms with E-state index in [0.717, 1.165) is 0 Å². The lowest BCUT2D eigenvalue weighted by molar-refractivity contribution is -0.101. The van der Waals surface area contributed by atoms with Crippen molar-refractivity contribution in [2.24, 2.45) is 0 Å². The van der Waals surface area contributed by atoms with E-state index >= 15 is 0 Å². The first kappa shape index (κ1) is 10.7. The van der Waals surface area contributed by atoms with Gasteiger partial charge in [-0.3, -0.25) is 0 Å². The molecule has 0 rings (SSSR count). The molecule has 0 aliphatic heterocycles. The molecule has 66 valence electrons. The van der Waals surface area contributed by atoms with Gasteiger partial charge in [-0.1, -0.05) is 0 Å². The predicted octanol–water partition coefficient (Wildman–Crippen LogP) is 2.92. The molecule has 0 saturated carbocycles. The molecular formula is C4H2F6S. The molecule has 7 heteroatoms. The highest BCUT2D eigenvalue weighted by atomic mass is 32.1. The average Bonchev–Trinajstić information content (AvgIpc) is 1.56. The number of alkyl halides is 6. The monoisotopic (exact) mass is 196 g/mol. The van der Waals surface area contributed by atoms with E-state index in [0.29, 0.717) is 0 Å². The van der Waals surface area contributed by atoms with Crippen LogP contribution in [0.15, 0.2) is 11.0 Å². The number of halogens is 6. The predicted molar refractivity (Wildman–Crippen MR) is 29.2 cm³/mol. The van der Waals surface area contributed by atoms with Crippen LogP contribution in [0.3, 0.4) is 0 Å². The largest absolute Gasteiger partial charge is 0.422 e. The average molecular weight is 196 g/mol. The summed E-state index contributed by atoms with van der Waals surface area (Å²) < 4.78 is 67.6. The summed E-state index contributed by atoms with van der Waals surface area (Å²) in [5, 5.41) is 0. The van der Waals surface area contributed by atoms with Gasteiger partial charge in [0, 0.05) is 6.08 Å². The van der Waals surface area contributed by atoms with Gasteiger partial charge in [0.15, 0.2) is 0 Å². The van der Waals surface area contributed by atoms with Crippen molar-refractivity contribution >= 4 is 12.6 Å². The zero-order chi connectivity index (χ0) is 9.28. The molecular weight excluding hydrogens is 194 g/mol. The summed E-state index contributed by atoms with van der Waals surface area (Å²) >= 11 is 2.62. The lowest BCUT2D eigenvalue weighted by atomic mass is 10.5. The van der Waals surface area contributed by atoms with Crippen molar-refractivity contribution in [2.75, 3.05) is 0 Å². The SMILES string of the molecule is FC(F)(F)/C=C(/S)C(F)(F)F. The maximum absolute atomic E-state index is 11.3. The summed E-state index contributed by atoms with van der Waals surface area (Å²) in [6.07, 6.45) is -10.9. The Morgan fingerprint density at radius 3 is 1.45 bits per heavy atom. The Kier molecular flexibility index (Phi) is 2.87. The van der Waals surface area contributed by atoms with Crippen LogP contribution in [0.1, 0.15) is 0 Å². The maximum Gasteiger partial charge on any atom is 0.422 e. The van der Waals surface area contributed by atoms with E-state index in [9.17, 15) is 26.3 Å². The minimum absolute atomic E-state index is 0.907. The van der Waals surface area contributed by atoms with Crippen LogP contribution in [0.5, 0.6) is 0 Å². The summed E-state index contributed by atoms with van der Waals surface area (Å²) in [6.45, 7) is 0. The van der Waals surface area contributed by atoms with Gasteiger partial charge in [-0.15, -0.1) is 12.6 Å². The van der Waals surface area contributed by atoms with Crippen LogP contribution in [-0.2, 0) is 0 Å². The van der Waals surface area contributed by atoms with Crippen LogP contribution in [0.2, 0.25) is 0 Å². The fraction of sp³-hybridized carbons (Fsp3) is 0.500. The molecule has 0 spiro atoms. The zero-order valence-corrected chi connectivity index (χ0v) is 5.69. The van der Waals surface area contributed by atoms with Crippen LogP contribution in [-0.4, -0.2) is 12.4 Å². The number of hydrogen-bond donors (Lipinski definition) is 1. The Hall–Kier alpha value is -0.330. The Balaban J connectivity index is 4.49. The van der Waals surface area contributed by atoms with Crippen LogP contribution in [0, 0.1) is 0 Å². The van der Waals surface area contributed by atoms with Crippen LogP contribution in [0.4, 0.5) is 26.3 Å². The lowest BCUT2D eigenvalue weighted by Crippen LogP contribution is -2.12. The van der Waals surface area contributed by atoms with Gasteiger partial charge in [0.2, 0.25) is 0 Å². The fourth-order valence-electron chi connectivity index (χ4n) is 0.237.